The lowest BCUT2D eigenvalue weighted by Gasteiger charge is -2.32. The number of aromatic carboxylic acids is 1. The Bertz CT molecular complexity index is 1130. The molecule has 0 saturated carbocycles. The summed E-state index contributed by atoms with van der Waals surface area (Å²) in [6, 6.07) is 10.5. The molecular weight excluding hydrogens is 408 g/mol. The van der Waals surface area contributed by atoms with Gasteiger partial charge in [-0.1, -0.05) is 29.8 Å². The van der Waals surface area contributed by atoms with E-state index in [1.54, 1.807) is 30.3 Å². The molecule has 0 aliphatic heterocycles. The third kappa shape index (κ3) is 3.73. The van der Waals surface area contributed by atoms with Gasteiger partial charge in [-0.15, -0.1) is 0 Å². The number of halogens is 1. The number of ether oxygens (including phenoxy) is 1. The van der Waals surface area contributed by atoms with Crippen LogP contribution in [0.5, 0.6) is 5.75 Å². The second-order valence-corrected chi connectivity index (χ2v) is 7.11. The number of hydrogen-bond donors (Lipinski definition) is 1. The predicted octanol–water partition coefficient (Wildman–Crippen LogP) is 3.07. The Labute approximate surface area is 178 Å². The van der Waals surface area contributed by atoms with E-state index in [4.69, 9.17) is 16.3 Å². The normalized spacial score (nSPS) is 11.8. The standard InChI is InChI=1S/C21H21ClN4O4/c1-12-8-7-9-13(22)15(12)17(14-10-5-6-11-23-14)25(2)21-24-16(20(28)29)18(30-4)19(27)26(21)3/h5-11,17H,1-4H3,(H,28,29). The first kappa shape index (κ1) is 21.3. The summed E-state index contributed by atoms with van der Waals surface area (Å²) in [7, 11) is 4.45. The van der Waals surface area contributed by atoms with Crippen molar-refractivity contribution in [2.75, 3.05) is 19.1 Å². The van der Waals surface area contributed by atoms with Crippen LogP contribution < -0.4 is 15.2 Å². The van der Waals surface area contributed by atoms with Crippen LogP contribution in [0.3, 0.4) is 0 Å². The highest BCUT2D eigenvalue weighted by atomic mass is 35.5. The maximum absolute atomic E-state index is 12.7. The summed E-state index contributed by atoms with van der Waals surface area (Å²) in [5.41, 5.74) is 1.29. The fourth-order valence-electron chi connectivity index (χ4n) is 3.40. The van der Waals surface area contributed by atoms with Crippen LogP contribution in [0.1, 0.15) is 33.4 Å². The second kappa shape index (κ2) is 8.54. The molecule has 0 radical (unpaired) electrons. The van der Waals surface area contributed by atoms with Crippen LogP contribution in [0.4, 0.5) is 5.95 Å². The molecule has 2 aromatic heterocycles. The number of benzene rings is 1. The Morgan fingerprint density at radius 1 is 1.27 bits per heavy atom. The number of anilines is 1. The van der Waals surface area contributed by atoms with E-state index in [1.807, 2.05) is 31.2 Å². The fourth-order valence-corrected chi connectivity index (χ4v) is 3.72. The minimum Gasteiger partial charge on any atom is -0.489 e. The number of carbonyl (C=O) groups is 1. The largest absolute Gasteiger partial charge is 0.489 e. The first-order valence-electron chi connectivity index (χ1n) is 9.05. The van der Waals surface area contributed by atoms with Crippen molar-refractivity contribution in [2.45, 2.75) is 13.0 Å². The quantitative estimate of drug-likeness (QED) is 0.644. The number of hydrogen-bond acceptors (Lipinski definition) is 6. The minimum atomic E-state index is -1.36. The van der Waals surface area contributed by atoms with E-state index in [9.17, 15) is 14.7 Å². The molecule has 0 spiro atoms. The molecule has 0 aliphatic carbocycles. The number of methoxy groups -OCH3 is 1. The summed E-state index contributed by atoms with van der Waals surface area (Å²) in [5.74, 6) is -1.55. The first-order chi connectivity index (χ1) is 14.3. The van der Waals surface area contributed by atoms with E-state index in [0.717, 1.165) is 11.1 Å². The van der Waals surface area contributed by atoms with E-state index in [2.05, 4.69) is 9.97 Å². The van der Waals surface area contributed by atoms with Crippen molar-refractivity contribution in [2.24, 2.45) is 7.05 Å². The van der Waals surface area contributed by atoms with Crippen LogP contribution >= 0.6 is 11.6 Å². The molecule has 0 bridgehead atoms. The van der Waals surface area contributed by atoms with Crippen molar-refractivity contribution >= 4 is 23.5 Å². The Morgan fingerprint density at radius 3 is 2.57 bits per heavy atom. The molecule has 3 aromatic rings. The minimum absolute atomic E-state index is 0.133. The van der Waals surface area contributed by atoms with Gasteiger partial charge in [-0.05, 0) is 30.7 Å². The Hall–Kier alpha value is -3.39. The van der Waals surface area contributed by atoms with E-state index in [1.165, 1.54) is 18.7 Å². The highest BCUT2D eigenvalue weighted by Gasteiger charge is 2.29. The summed E-state index contributed by atoms with van der Waals surface area (Å²) in [6.07, 6.45) is 1.66. The summed E-state index contributed by atoms with van der Waals surface area (Å²) < 4.78 is 6.24. The van der Waals surface area contributed by atoms with Crippen molar-refractivity contribution in [3.05, 3.63) is 80.5 Å². The Balaban J connectivity index is 2.29. The third-order valence-corrected chi connectivity index (χ3v) is 5.18. The predicted molar refractivity (Wildman–Crippen MR) is 114 cm³/mol. The van der Waals surface area contributed by atoms with Gasteiger partial charge < -0.3 is 14.7 Å². The summed E-state index contributed by atoms with van der Waals surface area (Å²) in [5, 5.41) is 10.1. The van der Waals surface area contributed by atoms with Gasteiger partial charge in [-0.3, -0.25) is 14.3 Å². The third-order valence-electron chi connectivity index (χ3n) is 4.85. The lowest BCUT2D eigenvalue weighted by molar-refractivity contribution is 0.0685. The molecule has 1 atom stereocenters. The second-order valence-electron chi connectivity index (χ2n) is 6.70. The van der Waals surface area contributed by atoms with Gasteiger partial charge in [-0.2, -0.15) is 0 Å². The first-order valence-corrected chi connectivity index (χ1v) is 9.42. The monoisotopic (exact) mass is 428 g/mol. The SMILES string of the molecule is COc1c(C(=O)O)nc(N(C)C(c2ccccn2)c2c(C)cccc2Cl)n(C)c1=O. The highest BCUT2D eigenvalue weighted by Crippen LogP contribution is 2.36. The lowest BCUT2D eigenvalue weighted by atomic mass is 9.97. The Kier molecular flexibility index (Phi) is 6.07. The van der Waals surface area contributed by atoms with Crippen molar-refractivity contribution < 1.29 is 14.6 Å². The van der Waals surface area contributed by atoms with Crippen molar-refractivity contribution in [3.8, 4) is 5.75 Å². The number of aromatic nitrogens is 3. The summed E-state index contributed by atoms with van der Waals surface area (Å²) in [4.78, 5) is 34.8. The zero-order valence-corrected chi connectivity index (χ0v) is 17.7. The summed E-state index contributed by atoms with van der Waals surface area (Å²) >= 11 is 6.55. The molecule has 0 aliphatic rings. The van der Waals surface area contributed by atoms with Crippen LogP contribution in [0.15, 0.2) is 47.4 Å². The zero-order valence-electron chi connectivity index (χ0n) is 17.0. The van der Waals surface area contributed by atoms with Crippen molar-refractivity contribution in [3.63, 3.8) is 0 Å². The van der Waals surface area contributed by atoms with Crippen LogP contribution in [0.25, 0.3) is 0 Å². The lowest BCUT2D eigenvalue weighted by Crippen LogP contribution is -2.35. The van der Waals surface area contributed by atoms with Gasteiger partial charge in [0.1, 0.15) is 6.04 Å². The molecular formula is C21H21ClN4O4. The zero-order chi connectivity index (χ0) is 22.0. The highest BCUT2D eigenvalue weighted by molar-refractivity contribution is 6.31. The molecule has 8 nitrogen and oxygen atoms in total. The molecule has 3 rings (SSSR count). The van der Waals surface area contributed by atoms with Crippen molar-refractivity contribution in [1.29, 1.82) is 0 Å². The number of aryl methyl sites for hydroxylation is 1. The molecule has 1 aromatic carbocycles. The average molecular weight is 429 g/mol. The van der Waals surface area contributed by atoms with Gasteiger partial charge in [0.05, 0.1) is 12.8 Å². The molecule has 30 heavy (non-hydrogen) atoms. The fraction of sp³-hybridized carbons (Fsp3) is 0.238. The van der Waals surface area contributed by atoms with Gasteiger partial charge in [-0.25, -0.2) is 9.78 Å². The Morgan fingerprint density at radius 2 is 2.00 bits per heavy atom. The number of carboxylic acids is 1. The average Bonchev–Trinajstić information content (AvgIpc) is 2.72. The van der Waals surface area contributed by atoms with E-state index >= 15 is 0 Å². The maximum atomic E-state index is 12.7. The van der Waals surface area contributed by atoms with Crippen LogP contribution in [-0.2, 0) is 7.05 Å². The molecule has 0 amide bonds. The van der Waals surface area contributed by atoms with E-state index in [-0.39, 0.29) is 11.7 Å². The smallest absolute Gasteiger partial charge is 0.358 e. The van der Waals surface area contributed by atoms with E-state index < -0.39 is 23.3 Å². The van der Waals surface area contributed by atoms with Crippen LogP contribution in [-0.4, -0.2) is 39.8 Å². The molecule has 156 valence electrons. The maximum Gasteiger partial charge on any atom is 0.358 e. The van der Waals surface area contributed by atoms with Gasteiger partial charge in [0.2, 0.25) is 11.7 Å². The van der Waals surface area contributed by atoms with Crippen molar-refractivity contribution in [1.82, 2.24) is 14.5 Å². The molecule has 2 heterocycles. The molecule has 1 N–H and O–H groups in total. The van der Waals surface area contributed by atoms with Gasteiger partial charge in [0.25, 0.3) is 5.56 Å². The molecule has 0 saturated heterocycles. The van der Waals surface area contributed by atoms with Crippen LogP contribution in [0.2, 0.25) is 5.02 Å². The number of rotatable bonds is 6. The van der Waals surface area contributed by atoms with Gasteiger partial charge >= 0.3 is 5.97 Å². The van der Waals surface area contributed by atoms with Gasteiger partial charge in [0.15, 0.2) is 5.69 Å². The van der Waals surface area contributed by atoms with Crippen LogP contribution in [0, 0.1) is 6.92 Å². The number of nitrogens with zero attached hydrogens (tertiary/aromatic N) is 4. The summed E-state index contributed by atoms with van der Waals surface area (Å²) in [6.45, 7) is 1.92. The molecule has 9 heteroatoms. The number of pyridine rings is 1. The molecule has 0 fully saturated rings. The van der Waals surface area contributed by atoms with E-state index in [0.29, 0.717) is 10.7 Å². The molecule has 1 unspecified atom stereocenters. The van der Waals surface area contributed by atoms with Gasteiger partial charge in [0, 0.05) is 30.9 Å². The number of carboxylic acid groups (broad SMARTS) is 1. The topological polar surface area (TPSA) is 97.6 Å².